The molecule has 0 bridgehead atoms. The molecular formula is C12H25O3. The Bertz CT molecular complexity index is 95.0. The van der Waals surface area contributed by atoms with Crippen molar-refractivity contribution in [2.45, 2.75) is 32.6 Å². The van der Waals surface area contributed by atoms with Crippen molar-refractivity contribution in [1.29, 1.82) is 0 Å². The molecule has 0 saturated heterocycles. The number of hydrogen-bond donors (Lipinski definition) is 0. The van der Waals surface area contributed by atoms with Gasteiger partial charge in [0.25, 0.3) is 0 Å². The number of hydrogen-bond acceptors (Lipinski definition) is 3. The van der Waals surface area contributed by atoms with Crippen LogP contribution in [0, 0.1) is 6.92 Å². The fraction of sp³-hybridized carbons (Fsp3) is 0.917. The van der Waals surface area contributed by atoms with Crippen molar-refractivity contribution in [3.63, 3.8) is 0 Å². The molecule has 0 aromatic heterocycles. The second-order valence-electron chi connectivity index (χ2n) is 3.40. The van der Waals surface area contributed by atoms with E-state index >= 15 is 0 Å². The van der Waals surface area contributed by atoms with Gasteiger partial charge in [0, 0.05) is 13.2 Å². The van der Waals surface area contributed by atoms with Crippen molar-refractivity contribution in [1.82, 2.24) is 0 Å². The lowest BCUT2D eigenvalue weighted by Crippen LogP contribution is -2.10. The van der Waals surface area contributed by atoms with Crippen LogP contribution >= 0.6 is 0 Å². The molecule has 0 unspecified atom stereocenters. The Kier molecular flexibility index (Phi) is 13.8. The first kappa shape index (κ1) is 14.9. The smallest absolute Gasteiger partial charge is 0.0701 e. The molecule has 0 aromatic carbocycles. The van der Waals surface area contributed by atoms with Crippen molar-refractivity contribution in [3.8, 4) is 0 Å². The minimum absolute atomic E-state index is 0.661. The number of rotatable bonds is 12. The van der Waals surface area contributed by atoms with E-state index in [1.165, 1.54) is 6.42 Å². The van der Waals surface area contributed by atoms with Crippen LogP contribution in [0.15, 0.2) is 0 Å². The molecule has 0 amide bonds. The van der Waals surface area contributed by atoms with Gasteiger partial charge in [0.2, 0.25) is 0 Å². The largest absolute Gasteiger partial charge is 0.379 e. The quantitative estimate of drug-likeness (QED) is 0.470. The fourth-order valence-electron chi connectivity index (χ4n) is 0.992. The monoisotopic (exact) mass is 217 g/mol. The lowest BCUT2D eigenvalue weighted by Gasteiger charge is -2.06. The standard InChI is InChI=1S/C12H25O3/c1-3-5-7-13-9-11-15-12-10-14-8-6-4-2/h1,3-12H2,2H3. The van der Waals surface area contributed by atoms with Gasteiger partial charge in [0.1, 0.15) is 0 Å². The highest BCUT2D eigenvalue weighted by atomic mass is 16.5. The Morgan fingerprint density at radius 3 is 1.67 bits per heavy atom. The summed E-state index contributed by atoms with van der Waals surface area (Å²) in [7, 11) is 0. The van der Waals surface area contributed by atoms with E-state index in [2.05, 4.69) is 13.8 Å². The Labute approximate surface area is 94.1 Å². The molecule has 3 nitrogen and oxygen atoms in total. The van der Waals surface area contributed by atoms with Gasteiger partial charge in [0.15, 0.2) is 0 Å². The summed E-state index contributed by atoms with van der Waals surface area (Å²) in [6.45, 7) is 10.2. The summed E-state index contributed by atoms with van der Waals surface area (Å²) >= 11 is 0. The SMILES string of the molecule is [CH2]CCCOCCOCCOCCCC. The van der Waals surface area contributed by atoms with Crippen LogP contribution in [0.4, 0.5) is 0 Å². The van der Waals surface area contributed by atoms with E-state index in [9.17, 15) is 0 Å². The van der Waals surface area contributed by atoms with Gasteiger partial charge in [-0.25, -0.2) is 0 Å². The molecule has 0 atom stereocenters. The van der Waals surface area contributed by atoms with Gasteiger partial charge >= 0.3 is 0 Å². The predicted molar refractivity (Wildman–Crippen MR) is 62.0 cm³/mol. The third kappa shape index (κ3) is 13.9. The molecule has 3 heteroatoms. The van der Waals surface area contributed by atoms with Crippen LogP contribution in [0.5, 0.6) is 0 Å². The van der Waals surface area contributed by atoms with Crippen LogP contribution in [0.2, 0.25) is 0 Å². The van der Waals surface area contributed by atoms with E-state index in [-0.39, 0.29) is 0 Å². The minimum Gasteiger partial charge on any atom is -0.379 e. The van der Waals surface area contributed by atoms with Gasteiger partial charge in [-0.1, -0.05) is 26.7 Å². The lowest BCUT2D eigenvalue weighted by molar-refractivity contribution is 0.0138. The van der Waals surface area contributed by atoms with Gasteiger partial charge < -0.3 is 14.2 Å². The number of unbranched alkanes of at least 4 members (excludes halogenated alkanes) is 2. The zero-order valence-electron chi connectivity index (χ0n) is 10.0. The lowest BCUT2D eigenvalue weighted by atomic mass is 10.4. The van der Waals surface area contributed by atoms with E-state index in [1.54, 1.807) is 0 Å². The fourth-order valence-corrected chi connectivity index (χ4v) is 0.992. The average Bonchev–Trinajstić information content (AvgIpc) is 2.26. The summed E-state index contributed by atoms with van der Waals surface area (Å²) in [4.78, 5) is 0. The van der Waals surface area contributed by atoms with Crippen LogP contribution < -0.4 is 0 Å². The first-order valence-corrected chi connectivity index (χ1v) is 5.94. The Morgan fingerprint density at radius 2 is 1.20 bits per heavy atom. The maximum Gasteiger partial charge on any atom is 0.0701 e. The summed E-state index contributed by atoms with van der Waals surface area (Å²) < 4.78 is 16.0. The molecule has 0 fully saturated rings. The molecule has 0 saturated carbocycles. The molecule has 0 aliphatic rings. The van der Waals surface area contributed by atoms with Crippen molar-refractivity contribution >= 4 is 0 Å². The van der Waals surface area contributed by atoms with Gasteiger partial charge in [-0.3, -0.25) is 0 Å². The topological polar surface area (TPSA) is 27.7 Å². The Morgan fingerprint density at radius 1 is 0.733 bits per heavy atom. The number of ether oxygens (including phenoxy) is 3. The van der Waals surface area contributed by atoms with Crippen molar-refractivity contribution in [3.05, 3.63) is 6.92 Å². The molecule has 0 aliphatic heterocycles. The van der Waals surface area contributed by atoms with E-state index in [1.807, 2.05) is 0 Å². The summed E-state index contributed by atoms with van der Waals surface area (Å²) in [5.41, 5.74) is 0. The molecule has 1 radical (unpaired) electrons. The van der Waals surface area contributed by atoms with E-state index in [0.29, 0.717) is 26.4 Å². The Balaban J connectivity index is 2.81. The van der Waals surface area contributed by atoms with Crippen LogP contribution in [-0.2, 0) is 14.2 Å². The van der Waals surface area contributed by atoms with E-state index < -0.39 is 0 Å². The molecule has 0 rings (SSSR count). The first-order chi connectivity index (χ1) is 7.41. The van der Waals surface area contributed by atoms with Crippen LogP contribution in [0.25, 0.3) is 0 Å². The molecule has 0 heterocycles. The second-order valence-corrected chi connectivity index (χ2v) is 3.40. The molecule has 0 aromatic rings. The zero-order valence-corrected chi connectivity index (χ0v) is 10.0. The van der Waals surface area contributed by atoms with Crippen LogP contribution in [0.3, 0.4) is 0 Å². The van der Waals surface area contributed by atoms with Crippen LogP contribution in [-0.4, -0.2) is 39.6 Å². The molecular weight excluding hydrogens is 192 g/mol. The Hall–Kier alpha value is -0.120. The van der Waals surface area contributed by atoms with Crippen molar-refractivity contribution in [2.24, 2.45) is 0 Å². The second kappa shape index (κ2) is 13.9. The zero-order chi connectivity index (χ0) is 11.2. The van der Waals surface area contributed by atoms with E-state index in [4.69, 9.17) is 14.2 Å². The third-order valence-electron chi connectivity index (χ3n) is 1.92. The predicted octanol–water partition coefficient (Wildman–Crippen LogP) is 2.45. The van der Waals surface area contributed by atoms with E-state index in [0.717, 1.165) is 32.5 Å². The average molecular weight is 217 g/mol. The molecule has 0 N–H and O–H groups in total. The van der Waals surface area contributed by atoms with Gasteiger partial charge in [-0.2, -0.15) is 0 Å². The molecule has 91 valence electrons. The highest BCUT2D eigenvalue weighted by molar-refractivity contribution is 4.39. The normalized spacial score (nSPS) is 10.8. The summed E-state index contributed by atoms with van der Waals surface area (Å²) in [6, 6.07) is 0. The van der Waals surface area contributed by atoms with Gasteiger partial charge in [0.05, 0.1) is 26.4 Å². The minimum atomic E-state index is 0.661. The third-order valence-corrected chi connectivity index (χ3v) is 1.92. The first-order valence-electron chi connectivity index (χ1n) is 5.94. The molecule has 0 spiro atoms. The van der Waals surface area contributed by atoms with Gasteiger partial charge in [-0.15, -0.1) is 0 Å². The molecule has 0 aliphatic carbocycles. The van der Waals surface area contributed by atoms with Crippen molar-refractivity contribution < 1.29 is 14.2 Å². The van der Waals surface area contributed by atoms with Crippen LogP contribution in [0.1, 0.15) is 32.6 Å². The van der Waals surface area contributed by atoms with Gasteiger partial charge in [-0.05, 0) is 12.8 Å². The van der Waals surface area contributed by atoms with Crippen molar-refractivity contribution in [2.75, 3.05) is 39.6 Å². The maximum atomic E-state index is 5.35. The summed E-state index contributed by atoms with van der Waals surface area (Å²) in [5.74, 6) is 0. The summed E-state index contributed by atoms with van der Waals surface area (Å²) in [5, 5.41) is 0. The maximum absolute atomic E-state index is 5.35. The summed E-state index contributed by atoms with van der Waals surface area (Å²) in [6.07, 6.45) is 4.28. The highest BCUT2D eigenvalue weighted by Crippen LogP contribution is 1.89. The molecule has 15 heavy (non-hydrogen) atoms. The highest BCUT2D eigenvalue weighted by Gasteiger charge is 1.90.